The first-order chi connectivity index (χ1) is 6.74. The van der Waals surface area contributed by atoms with Crippen molar-refractivity contribution in [1.82, 2.24) is 0 Å². The standard InChI is InChI=1S/C11H20O3/c1-3-14-11-5-4-9(6-12)10(7-13)8(11)2/h5,8-10,12-13H,3-4,6-7H2,1-2H3/t8-,9+,10+/m0/s1. The molecule has 2 N–H and O–H groups in total. The minimum atomic E-state index is 0.122. The minimum absolute atomic E-state index is 0.122. The van der Waals surface area contributed by atoms with Gasteiger partial charge in [0.15, 0.2) is 0 Å². The van der Waals surface area contributed by atoms with Crippen molar-refractivity contribution in [2.45, 2.75) is 20.3 Å². The third-order valence-electron chi connectivity index (χ3n) is 3.07. The van der Waals surface area contributed by atoms with Gasteiger partial charge in [-0.15, -0.1) is 0 Å². The van der Waals surface area contributed by atoms with Crippen LogP contribution in [0.2, 0.25) is 0 Å². The van der Waals surface area contributed by atoms with E-state index >= 15 is 0 Å². The van der Waals surface area contributed by atoms with E-state index in [2.05, 4.69) is 0 Å². The number of hydrogen-bond acceptors (Lipinski definition) is 3. The third-order valence-corrected chi connectivity index (χ3v) is 3.07. The lowest BCUT2D eigenvalue weighted by atomic mass is 9.76. The Labute approximate surface area is 85.4 Å². The fraction of sp³-hybridized carbons (Fsp3) is 0.818. The zero-order chi connectivity index (χ0) is 10.6. The van der Waals surface area contributed by atoms with E-state index in [1.165, 1.54) is 0 Å². The lowest BCUT2D eigenvalue weighted by Crippen LogP contribution is -2.32. The molecule has 0 saturated heterocycles. The quantitative estimate of drug-likeness (QED) is 0.716. The highest BCUT2D eigenvalue weighted by Crippen LogP contribution is 2.34. The van der Waals surface area contributed by atoms with E-state index in [1.807, 2.05) is 19.9 Å². The molecule has 3 atom stereocenters. The molecule has 0 aromatic heterocycles. The van der Waals surface area contributed by atoms with E-state index in [-0.39, 0.29) is 31.0 Å². The van der Waals surface area contributed by atoms with Gasteiger partial charge in [0.1, 0.15) is 0 Å². The van der Waals surface area contributed by atoms with Crippen LogP contribution < -0.4 is 0 Å². The normalized spacial score (nSPS) is 32.6. The minimum Gasteiger partial charge on any atom is -0.498 e. The Morgan fingerprint density at radius 3 is 2.64 bits per heavy atom. The van der Waals surface area contributed by atoms with Crippen LogP contribution in [0.1, 0.15) is 20.3 Å². The number of rotatable bonds is 4. The SMILES string of the molecule is CCOC1=CC[C@H](CO)[C@H](CO)[C@@H]1C. The van der Waals surface area contributed by atoms with Crippen LogP contribution in [0.5, 0.6) is 0 Å². The van der Waals surface area contributed by atoms with Gasteiger partial charge in [-0.3, -0.25) is 0 Å². The first-order valence-corrected chi connectivity index (χ1v) is 5.29. The first-order valence-electron chi connectivity index (χ1n) is 5.29. The average molecular weight is 200 g/mol. The van der Waals surface area contributed by atoms with Crippen LogP contribution >= 0.6 is 0 Å². The maximum atomic E-state index is 9.26. The van der Waals surface area contributed by atoms with Crippen LogP contribution in [0.3, 0.4) is 0 Å². The molecule has 0 heterocycles. The molecule has 0 bridgehead atoms. The summed E-state index contributed by atoms with van der Waals surface area (Å²) in [6, 6.07) is 0. The van der Waals surface area contributed by atoms with Gasteiger partial charge >= 0.3 is 0 Å². The molecule has 1 rings (SSSR count). The van der Waals surface area contributed by atoms with Crippen molar-refractivity contribution in [3.05, 3.63) is 11.8 Å². The van der Waals surface area contributed by atoms with Crippen molar-refractivity contribution in [1.29, 1.82) is 0 Å². The van der Waals surface area contributed by atoms with Crippen LogP contribution in [-0.2, 0) is 4.74 Å². The van der Waals surface area contributed by atoms with Crippen LogP contribution in [-0.4, -0.2) is 30.0 Å². The molecule has 82 valence electrons. The second kappa shape index (κ2) is 5.37. The Bertz CT molecular complexity index is 201. The van der Waals surface area contributed by atoms with Crippen LogP contribution in [0.25, 0.3) is 0 Å². The summed E-state index contributed by atoms with van der Waals surface area (Å²) in [7, 11) is 0. The maximum absolute atomic E-state index is 9.26. The highest BCUT2D eigenvalue weighted by atomic mass is 16.5. The Morgan fingerprint density at radius 2 is 2.14 bits per heavy atom. The van der Waals surface area contributed by atoms with E-state index in [4.69, 9.17) is 9.84 Å². The van der Waals surface area contributed by atoms with E-state index in [1.54, 1.807) is 0 Å². The summed E-state index contributed by atoms with van der Waals surface area (Å²) < 4.78 is 5.49. The molecule has 0 saturated carbocycles. The zero-order valence-corrected chi connectivity index (χ0v) is 8.94. The molecule has 3 nitrogen and oxygen atoms in total. The van der Waals surface area contributed by atoms with E-state index < -0.39 is 0 Å². The summed E-state index contributed by atoms with van der Waals surface area (Å²) in [6.45, 7) is 4.93. The molecule has 0 radical (unpaired) electrons. The monoisotopic (exact) mass is 200 g/mol. The molecule has 3 heteroatoms. The zero-order valence-electron chi connectivity index (χ0n) is 8.94. The number of hydrogen-bond donors (Lipinski definition) is 2. The third kappa shape index (κ3) is 2.28. The van der Waals surface area contributed by atoms with Gasteiger partial charge in [-0.1, -0.05) is 6.92 Å². The molecule has 1 aliphatic rings. The second-order valence-electron chi connectivity index (χ2n) is 3.85. The van der Waals surface area contributed by atoms with Gasteiger partial charge in [-0.2, -0.15) is 0 Å². The summed E-state index contributed by atoms with van der Waals surface area (Å²) in [5.74, 6) is 1.49. The Kier molecular flexibility index (Phi) is 4.42. The molecule has 0 spiro atoms. The van der Waals surface area contributed by atoms with Crippen molar-refractivity contribution in [3.8, 4) is 0 Å². The molecule has 0 fully saturated rings. The maximum Gasteiger partial charge on any atom is 0.0951 e. The van der Waals surface area contributed by atoms with Crippen LogP contribution in [0.4, 0.5) is 0 Å². The van der Waals surface area contributed by atoms with Gasteiger partial charge < -0.3 is 14.9 Å². The van der Waals surface area contributed by atoms with Gasteiger partial charge in [0, 0.05) is 19.1 Å². The van der Waals surface area contributed by atoms with Crippen molar-refractivity contribution in [2.24, 2.45) is 17.8 Å². The molecule has 1 aliphatic carbocycles. The number of aliphatic hydroxyl groups excluding tert-OH is 2. The molecule has 0 aromatic carbocycles. The number of aliphatic hydroxyl groups is 2. The van der Waals surface area contributed by atoms with E-state index in [9.17, 15) is 5.11 Å². The molecular formula is C11H20O3. The average Bonchev–Trinajstić information content (AvgIpc) is 2.21. The Morgan fingerprint density at radius 1 is 1.43 bits per heavy atom. The summed E-state index contributed by atoms with van der Waals surface area (Å²) in [4.78, 5) is 0. The predicted octanol–water partition coefficient (Wildman–Crippen LogP) is 1.16. The Hall–Kier alpha value is -0.540. The summed E-state index contributed by atoms with van der Waals surface area (Å²) >= 11 is 0. The lowest BCUT2D eigenvalue weighted by molar-refractivity contribution is 0.0568. The van der Waals surface area contributed by atoms with Crippen molar-refractivity contribution in [3.63, 3.8) is 0 Å². The van der Waals surface area contributed by atoms with Crippen molar-refractivity contribution in [2.75, 3.05) is 19.8 Å². The fourth-order valence-electron chi connectivity index (χ4n) is 2.12. The summed E-state index contributed by atoms with van der Waals surface area (Å²) in [6.07, 6.45) is 2.85. The molecule has 0 aromatic rings. The highest BCUT2D eigenvalue weighted by molar-refractivity contribution is 5.06. The summed E-state index contributed by atoms with van der Waals surface area (Å²) in [5, 5.41) is 18.4. The number of allylic oxidation sites excluding steroid dienone is 2. The molecule has 0 amide bonds. The predicted molar refractivity (Wildman–Crippen MR) is 54.6 cm³/mol. The lowest BCUT2D eigenvalue weighted by Gasteiger charge is -2.34. The van der Waals surface area contributed by atoms with Crippen LogP contribution in [0, 0.1) is 17.8 Å². The smallest absolute Gasteiger partial charge is 0.0951 e. The van der Waals surface area contributed by atoms with Gasteiger partial charge in [0.25, 0.3) is 0 Å². The molecule has 0 aliphatic heterocycles. The van der Waals surface area contributed by atoms with Crippen LogP contribution in [0.15, 0.2) is 11.8 Å². The van der Waals surface area contributed by atoms with Gasteiger partial charge in [-0.25, -0.2) is 0 Å². The highest BCUT2D eigenvalue weighted by Gasteiger charge is 2.32. The van der Waals surface area contributed by atoms with Gasteiger partial charge in [0.2, 0.25) is 0 Å². The topological polar surface area (TPSA) is 49.7 Å². The summed E-state index contributed by atoms with van der Waals surface area (Å²) in [5.41, 5.74) is 0. The van der Waals surface area contributed by atoms with Gasteiger partial charge in [0.05, 0.1) is 12.4 Å². The second-order valence-corrected chi connectivity index (χ2v) is 3.85. The van der Waals surface area contributed by atoms with E-state index in [0.717, 1.165) is 12.2 Å². The Balaban J connectivity index is 2.70. The molecule has 0 unspecified atom stereocenters. The first kappa shape index (κ1) is 11.5. The van der Waals surface area contributed by atoms with Crippen molar-refractivity contribution >= 4 is 0 Å². The van der Waals surface area contributed by atoms with E-state index in [0.29, 0.717) is 6.61 Å². The molecular weight excluding hydrogens is 180 g/mol. The fourth-order valence-corrected chi connectivity index (χ4v) is 2.12. The van der Waals surface area contributed by atoms with Crippen molar-refractivity contribution < 1.29 is 14.9 Å². The van der Waals surface area contributed by atoms with Gasteiger partial charge in [-0.05, 0) is 31.3 Å². The largest absolute Gasteiger partial charge is 0.498 e. The molecule has 14 heavy (non-hydrogen) atoms. The number of ether oxygens (including phenoxy) is 1.